The highest BCUT2D eigenvalue weighted by Gasteiger charge is 2.30. The second kappa shape index (κ2) is 5.41. The summed E-state index contributed by atoms with van der Waals surface area (Å²) in [7, 11) is 1.47. The van der Waals surface area contributed by atoms with Crippen LogP contribution in [-0.4, -0.2) is 42.8 Å². The Labute approximate surface area is 122 Å². The fourth-order valence-corrected chi connectivity index (χ4v) is 2.84. The Morgan fingerprint density at radius 2 is 2.14 bits per heavy atom. The van der Waals surface area contributed by atoms with Crippen LogP contribution in [0.1, 0.15) is 39.1 Å². The van der Waals surface area contributed by atoms with Crippen LogP contribution in [-0.2, 0) is 16.0 Å². The molecule has 1 aromatic rings. The molecule has 3 rings (SSSR count). The number of Topliss-reactive ketones (excluding diaryl/α,β-unsaturated/α-hetero) is 1. The number of amides is 2. The van der Waals surface area contributed by atoms with Crippen molar-refractivity contribution in [2.75, 3.05) is 20.3 Å². The van der Waals surface area contributed by atoms with Crippen LogP contribution in [0, 0.1) is 5.92 Å². The lowest BCUT2D eigenvalue weighted by molar-refractivity contribution is -0.127. The first-order valence-corrected chi connectivity index (χ1v) is 7.13. The number of carbonyl (C=O) groups is 3. The lowest BCUT2D eigenvalue weighted by Crippen LogP contribution is -2.39. The van der Waals surface area contributed by atoms with Crippen molar-refractivity contribution in [3.63, 3.8) is 0 Å². The molecule has 2 heterocycles. The number of imide groups is 1. The van der Waals surface area contributed by atoms with Crippen LogP contribution in [0.15, 0.2) is 18.2 Å². The number of benzene rings is 1. The lowest BCUT2D eigenvalue weighted by Gasteiger charge is -2.24. The van der Waals surface area contributed by atoms with E-state index in [2.05, 4.69) is 0 Å². The van der Waals surface area contributed by atoms with Gasteiger partial charge in [-0.3, -0.25) is 19.3 Å². The lowest BCUT2D eigenvalue weighted by atomic mass is 9.89. The molecule has 1 saturated heterocycles. The number of likely N-dealkylation sites (N-methyl/N-ethyl adjacent to an activating group) is 1. The van der Waals surface area contributed by atoms with Gasteiger partial charge in [-0.1, -0.05) is 12.1 Å². The Hall–Kier alpha value is -2.01. The SMILES string of the molecule is CN1C(=O)Cc2ccc(C(=O)C3CCCOC3)cc2C1=O. The molecule has 0 saturated carbocycles. The molecule has 0 radical (unpaired) electrons. The summed E-state index contributed by atoms with van der Waals surface area (Å²) < 4.78 is 5.35. The van der Waals surface area contributed by atoms with E-state index >= 15 is 0 Å². The van der Waals surface area contributed by atoms with Gasteiger partial charge in [0, 0.05) is 30.7 Å². The van der Waals surface area contributed by atoms with Gasteiger partial charge in [0.1, 0.15) is 0 Å². The summed E-state index contributed by atoms with van der Waals surface area (Å²) in [6.07, 6.45) is 1.92. The van der Waals surface area contributed by atoms with Gasteiger partial charge in [-0.2, -0.15) is 0 Å². The fraction of sp³-hybridized carbons (Fsp3) is 0.438. The predicted octanol–water partition coefficient (Wildman–Crippen LogP) is 1.45. The predicted molar refractivity (Wildman–Crippen MR) is 75.1 cm³/mol. The minimum atomic E-state index is -0.337. The summed E-state index contributed by atoms with van der Waals surface area (Å²) in [5, 5.41) is 0. The molecule has 2 aliphatic rings. The van der Waals surface area contributed by atoms with Gasteiger partial charge in [0.25, 0.3) is 5.91 Å². The highest BCUT2D eigenvalue weighted by molar-refractivity contribution is 6.11. The summed E-state index contributed by atoms with van der Waals surface area (Å²) in [5.41, 5.74) is 1.68. The van der Waals surface area contributed by atoms with E-state index < -0.39 is 0 Å². The summed E-state index contributed by atoms with van der Waals surface area (Å²) in [6, 6.07) is 5.05. The average Bonchev–Trinajstić information content (AvgIpc) is 2.53. The van der Waals surface area contributed by atoms with Crippen molar-refractivity contribution in [1.29, 1.82) is 0 Å². The second-order valence-corrected chi connectivity index (χ2v) is 5.58. The molecule has 0 spiro atoms. The van der Waals surface area contributed by atoms with Gasteiger partial charge in [0.05, 0.1) is 13.0 Å². The number of hydrogen-bond donors (Lipinski definition) is 0. The standard InChI is InChI=1S/C16H17NO4/c1-17-14(18)8-10-4-5-11(7-13(10)16(17)20)15(19)12-3-2-6-21-9-12/h4-5,7,12H,2-3,6,8-9H2,1H3. The normalized spacial score (nSPS) is 22.1. The topological polar surface area (TPSA) is 63.7 Å². The van der Waals surface area contributed by atoms with Crippen molar-refractivity contribution in [2.45, 2.75) is 19.3 Å². The zero-order valence-electron chi connectivity index (χ0n) is 11.9. The van der Waals surface area contributed by atoms with Gasteiger partial charge in [-0.05, 0) is 24.5 Å². The molecule has 1 aromatic carbocycles. The zero-order valence-corrected chi connectivity index (χ0v) is 11.9. The van der Waals surface area contributed by atoms with Crippen molar-refractivity contribution in [2.24, 2.45) is 5.92 Å². The highest BCUT2D eigenvalue weighted by Crippen LogP contribution is 2.24. The first-order chi connectivity index (χ1) is 10.1. The van der Waals surface area contributed by atoms with Crippen molar-refractivity contribution >= 4 is 17.6 Å². The molecule has 0 aliphatic carbocycles. The molecule has 0 aromatic heterocycles. The minimum absolute atomic E-state index is 0.0184. The summed E-state index contributed by atoms with van der Waals surface area (Å²) in [6.45, 7) is 1.15. The molecule has 1 atom stereocenters. The van der Waals surface area contributed by atoms with Gasteiger partial charge >= 0.3 is 0 Å². The van der Waals surface area contributed by atoms with Gasteiger partial charge < -0.3 is 4.74 Å². The molecule has 1 unspecified atom stereocenters. The Morgan fingerprint density at radius 3 is 2.86 bits per heavy atom. The van der Waals surface area contributed by atoms with Crippen LogP contribution in [0.3, 0.4) is 0 Å². The van der Waals surface area contributed by atoms with E-state index in [0.29, 0.717) is 29.9 Å². The second-order valence-electron chi connectivity index (χ2n) is 5.58. The molecule has 5 nitrogen and oxygen atoms in total. The van der Waals surface area contributed by atoms with E-state index in [0.717, 1.165) is 17.7 Å². The molecule has 2 aliphatic heterocycles. The van der Waals surface area contributed by atoms with Crippen LogP contribution in [0.4, 0.5) is 0 Å². The van der Waals surface area contributed by atoms with Crippen molar-refractivity contribution in [1.82, 2.24) is 4.90 Å². The number of carbonyl (C=O) groups excluding carboxylic acids is 3. The van der Waals surface area contributed by atoms with Gasteiger partial charge in [-0.25, -0.2) is 0 Å². The molecule has 0 N–H and O–H groups in total. The van der Waals surface area contributed by atoms with Crippen LogP contribution in [0.5, 0.6) is 0 Å². The fourth-order valence-electron chi connectivity index (χ4n) is 2.84. The Morgan fingerprint density at radius 1 is 1.33 bits per heavy atom. The summed E-state index contributed by atoms with van der Waals surface area (Å²) in [5.74, 6) is -0.664. The largest absolute Gasteiger partial charge is 0.381 e. The van der Waals surface area contributed by atoms with E-state index in [9.17, 15) is 14.4 Å². The van der Waals surface area contributed by atoms with E-state index in [1.165, 1.54) is 7.05 Å². The Bertz CT molecular complexity index is 617. The quantitative estimate of drug-likeness (QED) is 0.610. The van der Waals surface area contributed by atoms with Crippen LogP contribution < -0.4 is 0 Å². The third-order valence-electron chi connectivity index (χ3n) is 4.18. The Balaban J connectivity index is 1.90. The molecule has 110 valence electrons. The summed E-state index contributed by atoms with van der Waals surface area (Å²) >= 11 is 0. The smallest absolute Gasteiger partial charge is 0.260 e. The molecule has 21 heavy (non-hydrogen) atoms. The van der Waals surface area contributed by atoms with E-state index in [-0.39, 0.29) is 29.9 Å². The molecule has 1 fully saturated rings. The maximum Gasteiger partial charge on any atom is 0.260 e. The first-order valence-electron chi connectivity index (χ1n) is 7.13. The van der Waals surface area contributed by atoms with E-state index in [4.69, 9.17) is 4.74 Å². The molecule has 2 amide bonds. The van der Waals surface area contributed by atoms with Crippen LogP contribution in [0.2, 0.25) is 0 Å². The third kappa shape index (κ3) is 2.49. The number of ketones is 1. The number of rotatable bonds is 2. The van der Waals surface area contributed by atoms with Crippen LogP contribution >= 0.6 is 0 Å². The van der Waals surface area contributed by atoms with Crippen molar-refractivity contribution < 1.29 is 19.1 Å². The maximum absolute atomic E-state index is 12.5. The highest BCUT2D eigenvalue weighted by atomic mass is 16.5. The molecule has 5 heteroatoms. The van der Waals surface area contributed by atoms with Gasteiger partial charge in [-0.15, -0.1) is 0 Å². The third-order valence-corrected chi connectivity index (χ3v) is 4.18. The number of ether oxygens (including phenoxy) is 1. The van der Waals surface area contributed by atoms with Crippen LogP contribution in [0.25, 0.3) is 0 Å². The van der Waals surface area contributed by atoms with Gasteiger partial charge in [0.15, 0.2) is 5.78 Å². The number of fused-ring (bicyclic) bond motifs is 1. The molecule has 0 bridgehead atoms. The monoisotopic (exact) mass is 287 g/mol. The van der Waals surface area contributed by atoms with Gasteiger partial charge in [0.2, 0.25) is 5.91 Å². The van der Waals surface area contributed by atoms with Crippen molar-refractivity contribution in [3.05, 3.63) is 34.9 Å². The Kier molecular flexibility index (Phi) is 3.59. The maximum atomic E-state index is 12.5. The number of nitrogens with zero attached hydrogens (tertiary/aromatic N) is 1. The van der Waals surface area contributed by atoms with Crippen molar-refractivity contribution in [3.8, 4) is 0 Å². The number of hydrogen-bond acceptors (Lipinski definition) is 4. The van der Waals surface area contributed by atoms with E-state index in [1.807, 2.05) is 0 Å². The zero-order chi connectivity index (χ0) is 15.0. The first kappa shape index (κ1) is 13.9. The minimum Gasteiger partial charge on any atom is -0.381 e. The molecular weight excluding hydrogens is 270 g/mol. The molecular formula is C16H17NO4. The van der Waals surface area contributed by atoms with E-state index in [1.54, 1.807) is 18.2 Å². The summed E-state index contributed by atoms with van der Waals surface area (Å²) in [4.78, 5) is 37.4. The average molecular weight is 287 g/mol.